The fraction of sp³-hybridized carbons (Fsp3) is 0.235. The first kappa shape index (κ1) is 15.7. The number of hydrogen-bond acceptors (Lipinski definition) is 3. The van der Waals surface area contributed by atoms with E-state index in [-0.39, 0.29) is 17.2 Å². The Labute approximate surface area is 129 Å². The Kier molecular flexibility index (Phi) is 4.56. The second-order valence-electron chi connectivity index (χ2n) is 5.81. The number of non-ortho nitro benzene ring substituents is 1. The lowest BCUT2D eigenvalue weighted by Crippen LogP contribution is -2.45. The number of benzene rings is 2. The van der Waals surface area contributed by atoms with Gasteiger partial charge in [0, 0.05) is 23.2 Å². The van der Waals surface area contributed by atoms with Gasteiger partial charge in [-0.05, 0) is 31.9 Å². The monoisotopic (exact) mass is 298 g/mol. The van der Waals surface area contributed by atoms with Crippen LogP contribution in [0.15, 0.2) is 54.6 Å². The Morgan fingerprint density at radius 2 is 1.82 bits per heavy atom. The van der Waals surface area contributed by atoms with Crippen LogP contribution in [0.2, 0.25) is 0 Å². The number of rotatable bonds is 5. The molecule has 2 rings (SSSR count). The van der Waals surface area contributed by atoms with E-state index in [9.17, 15) is 14.9 Å². The summed E-state index contributed by atoms with van der Waals surface area (Å²) in [6.45, 7) is 3.85. The molecule has 0 spiro atoms. The molecule has 0 aliphatic rings. The van der Waals surface area contributed by atoms with Crippen LogP contribution in [0, 0.1) is 10.1 Å². The van der Waals surface area contributed by atoms with E-state index in [0.717, 1.165) is 5.56 Å². The molecule has 5 nitrogen and oxygen atoms in total. The van der Waals surface area contributed by atoms with E-state index in [1.165, 1.54) is 18.2 Å². The molecule has 0 fully saturated rings. The summed E-state index contributed by atoms with van der Waals surface area (Å²) in [6.07, 6.45) is 0.675. The van der Waals surface area contributed by atoms with Crippen molar-refractivity contribution in [2.24, 2.45) is 0 Å². The molecule has 2 aromatic carbocycles. The molecule has 0 saturated carbocycles. The summed E-state index contributed by atoms with van der Waals surface area (Å²) in [5.74, 6) is -0.315. The van der Waals surface area contributed by atoms with Gasteiger partial charge in [-0.25, -0.2) is 0 Å². The first-order valence-corrected chi connectivity index (χ1v) is 6.98. The maximum Gasteiger partial charge on any atom is 0.270 e. The molecule has 114 valence electrons. The standard InChI is InChI=1S/C17H18N2O3/c1-17(2,12-13-7-4-3-5-8-13)18-16(20)14-9-6-10-15(11-14)19(21)22/h3-11H,12H2,1-2H3,(H,18,20). The van der Waals surface area contributed by atoms with Crippen molar-refractivity contribution < 1.29 is 9.72 Å². The number of carbonyl (C=O) groups is 1. The lowest BCUT2D eigenvalue weighted by atomic mass is 9.94. The summed E-state index contributed by atoms with van der Waals surface area (Å²) in [5.41, 5.74) is 0.860. The summed E-state index contributed by atoms with van der Waals surface area (Å²) < 4.78 is 0. The SMILES string of the molecule is CC(C)(Cc1ccccc1)NC(=O)c1cccc([N+](=O)[O-])c1. The Bertz CT molecular complexity index is 681. The van der Waals surface area contributed by atoms with Gasteiger partial charge < -0.3 is 5.32 Å². The zero-order chi connectivity index (χ0) is 16.2. The Morgan fingerprint density at radius 1 is 1.14 bits per heavy atom. The third kappa shape index (κ3) is 4.15. The Balaban J connectivity index is 2.10. The highest BCUT2D eigenvalue weighted by atomic mass is 16.6. The van der Waals surface area contributed by atoms with Crippen LogP contribution >= 0.6 is 0 Å². The van der Waals surface area contributed by atoms with Gasteiger partial charge in [-0.1, -0.05) is 36.4 Å². The van der Waals surface area contributed by atoms with Crippen LogP contribution in [-0.2, 0) is 6.42 Å². The van der Waals surface area contributed by atoms with Crippen molar-refractivity contribution in [2.75, 3.05) is 0 Å². The molecular formula is C17H18N2O3. The molecule has 5 heteroatoms. The van der Waals surface area contributed by atoms with Crippen LogP contribution in [0.5, 0.6) is 0 Å². The molecule has 0 saturated heterocycles. The molecule has 1 N–H and O–H groups in total. The molecule has 0 aliphatic heterocycles. The molecule has 2 aromatic rings. The molecular weight excluding hydrogens is 280 g/mol. The number of nitro groups is 1. The summed E-state index contributed by atoms with van der Waals surface area (Å²) in [4.78, 5) is 22.6. The fourth-order valence-corrected chi connectivity index (χ4v) is 2.29. The first-order valence-electron chi connectivity index (χ1n) is 6.98. The van der Waals surface area contributed by atoms with Gasteiger partial charge in [-0.3, -0.25) is 14.9 Å². The highest BCUT2D eigenvalue weighted by Gasteiger charge is 2.22. The maximum absolute atomic E-state index is 12.3. The summed E-state index contributed by atoms with van der Waals surface area (Å²) in [6, 6.07) is 15.6. The number of nitro benzene ring substituents is 1. The van der Waals surface area contributed by atoms with Gasteiger partial charge in [0.15, 0.2) is 0 Å². The highest BCUT2D eigenvalue weighted by Crippen LogP contribution is 2.16. The van der Waals surface area contributed by atoms with Crippen LogP contribution in [0.4, 0.5) is 5.69 Å². The van der Waals surface area contributed by atoms with Gasteiger partial charge in [0.2, 0.25) is 0 Å². The van der Waals surface area contributed by atoms with E-state index >= 15 is 0 Å². The number of hydrogen-bond donors (Lipinski definition) is 1. The van der Waals surface area contributed by atoms with Crippen LogP contribution in [0.1, 0.15) is 29.8 Å². The minimum atomic E-state index is -0.508. The van der Waals surface area contributed by atoms with Gasteiger partial charge in [-0.15, -0.1) is 0 Å². The number of nitrogens with zero attached hydrogens (tertiary/aromatic N) is 1. The van der Waals surface area contributed by atoms with E-state index in [2.05, 4.69) is 5.32 Å². The van der Waals surface area contributed by atoms with Crippen molar-refractivity contribution in [2.45, 2.75) is 25.8 Å². The predicted octanol–water partition coefficient (Wildman–Crippen LogP) is 3.35. The van der Waals surface area contributed by atoms with Gasteiger partial charge in [-0.2, -0.15) is 0 Å². The zero-order valence-electron chi connectivity index (χ0n) is 12.6. The van der Waals surface area contributed by atoms with E-state index in [1.54, 1.807) is 6.07 Å². The normalized spacial score (nSPS) is 11.0. The number of nitrogens with one attached hydrogen (secondary N) is 1. The summed E-state index contributed by atoms with van der Waals surface area (Å²) in [5, 5.41) is 13.7. The average Bonchev–Trinajstić information content (AvgIpc) is 2.47. The third-order valence-corrected chi connectivity index (χ3v) is 3.26. The lowest BCUT2D eigenvalue weighted by molar-refractivity contribution is -0.384. The smallest absolute Gasteiger partial charge is 0.270 e. The zero-order valence-corrected chi connectivity index (χ0v) is 12.6. The van der Waals surface area contributed by atoms with Crippen molar-refractivity contribution in [3.63, 3.8) is 0 Å². The molecule has 0 heterocycles. The Hall–Kier alpha value is -2.69. The summed E-state index contributed by atoms with van der Waals surface area (Å²) >= 11 is 0. The molecule has 0 bridgehead atoms. The number of carbonyl (C=O) groups excluding carboxylic acids is 1. The average molecular weight is 298 g/mol. The third-order valence-electron chi connectivity index (χ3n) is 3.26. The predicted molar refractivity (Wildman–Crippen MR) is 84.8 cm³/mol. The molecule has 0 aliphatic carbocycles. The maximum atomic E-state index is 12.3. The fourth-order valence-electron chi connectivity index (χ4n) is 2.29. The Morgan fingerprint density at radius 3 is 2.45 bits per heavy atom. The van der Waals surface area contributed by atoms with E-state index in [4.69, 9.17) is 0 Å². The van der Waals surface area contributed by atoms with Crippen molar-refractivity contribution in [3.8, 4) is 0 Å². The first-order chi connectivity index (χ1) is 10.4. The van der Waals surface area contributed by atoms with Crippen molar-refractivity contribution in [3.05, 3.63) is 75.8 Å². The second-order valence-corrected chi connectivity index (χ2v) is 5.81. The van der Waals surface area contributed by atoms with Crippen molar-refractivity contribution in [1.82, 2.24) is 5.32 Å². The lowest BCUT2D eigenvalue weighted by Gasteiger charge is -2.26. The van der Waals surface area contributed by atoms with Crippen LogP contribution in [-0.4, -0.2) is 16.4 Å². The largest absolute Gasteiger partial charge is 0.347 e. The molecule has 0 unspecified atom stereocenters. The van der Waals surface area contributed by atoms with Gasteiger partial charge >= 0.3 is 0 Å². The van der Waals surface area contributed by atoms with Crippen LogP contribution < -0.4 is 5.32 Å². The second kappa shape index (κ2) is 6.39. The van der Waals surface area contributed by atoms with Gasteiger partial charge in [0.25, 0.3) is 11.6 Å². The van der Waals surface area contributed by atoms with Crippen molar-refractivity contribution in [1.29, 1.82) is 0 Å². The molecule has 22 heavy (non-hydrogen) atoms. The van der Waals surface area contributed by atoms with E-state index in [0.29, 0.717) is 6.42 Å². The molecule has 0 radical (unpaired) electrons. The number of amides is 1. The topological polar surface area (TPSA) is 72.2 Å². The minimum Gasteiger partial charge on any atom is -0.347 e. The van der Waals surface area contributed by atoms with Crippen LogP contribution in [0.3, 0.4) is 0 Å². The van der Waals surface area contributed by atoms with Crippen molar-refractivity contribution >= 4 is 11.6 Å². The van der Waals surface area contributed by atoms with E-state index < -0.39 is 10.5 Å². The molecule has 0 aromatic heterocycles. The molecule has 1 amide bonds. The van der Waals surface area contributed by atoms with Crippen LogP contribution in [0.25, 0.3) is 0 Å². The van der Waals surface area contributed by atoms with E-state index in [1.807, 2.05) is 44.2 Å². The van der Waals surface area contributed by atoms with Gasteiger partial charge in [0.1, 0.15) is 0 Å². The van der Waals surface area contributed by atoms with Gasteiger partial charge in [0.05, 0.1) is 4.92 Å². The summed E-state index contributed by atoms with van der Waals surface area (Å²) in [7, 11) is 0. The molecule has 0 atom stereocenters. The minimum absolute atomic E-state index is 0.0893. The quantitative estimate of drug-likeness (QED) is 0.679. The highest BCUT2D eigenvalue weighted by molar-refractivity contribution is 5.95.